The van der Waals surface area contributed by atoms with Crippen LogP contribution in [0.5, 0.6) is 0 Å². The van der Waals surface area contributed by atoms with Crippen LogP contribution in [0.3, 0.4) is 0 Å². The normalized spacial score (nSPS) is 22.8. The Morgan fingerprint density at radius 1 is 0.938 bits per heavy atom. The molecule has 94 valence electrons. The fourth-order valence-electron chi connectivity index (χ4n) is 2.38. The van der Waals surface area contributed by atoms with E-state index in [1.54, 1.807) is 0 Å². The predicted molar refractivity (Wildman–Crippen MR) is 66.9 cm³/mol. The number of nitrogens with zero attached hydrogens (tertiary/aromatic N) is 2. The summed E-state index contributed by atoms with van der Waals surface area (Å²) in [5.74, 6) is 0. The Bertz CT molecular complexity index is 223. The number of hydrogen-bond donors (Lipinski definition) is 1. The maximum atomic E-state index is 12.1. The van der Waals surface area contributed by atoms with Crippen molar-refractivity contribution in [3.05, 3.63) is 0 Å². The van der Waals surface area contributed by atoms with Gasteiger partial charge in [0, 0.05) is 32.2 Å². The molecule has 0 spiro atoms. The quantitative estimate of drug-likeness (QED) is 0.704. The summed E-state index contributed by atoms with van der Waals surface area (Å²) in [6.45, 7) is 3.58. The topological polar surface area (TPSA) is 49.6 Å². The summed E-state index contributed by atoms with van der Waals surface area (Å²) in [7, 11) is 0. The van der Waals surface area contributed by atoms with Gasteiger partial charge in [-0.15, -0.1) is 12.4 Å². The van der Waals surface area contributed by atoms with Crippen molar-refractivity contribution in [3.63, 3.8) is 0 Å². The highest BCUT2D eigenvalue weighted by atomic mass is 35.5. The third kappa shape index (κ3) is 3.25. The Hall–Kier alpha value is -0.480. The molecule has 0 saturated carbocycles. The molecular weight excluding hydrogens is 226 g/mol. The van der Waals surface area contributed by atoms with E-state index >= 15 is 0 Å². The highest BCUT2D eigenvalue weighted by Crippen LogP contribution is 2.14. The number of hydrogen-bond acceptors (Lipinski definition) is 2. The molecular formula is C11H22ClN3O. The second kappa shape index (κ2) is 6.30. The molecule has 2 fully saturated rings. The van der Waals surface area contributed by atoms with Gasteiger partial charge in [0.05, 0.1) is 0 Å². The van der Waals surface area contributed by atoms with Crippen molar-refractivity contribution in [2.24, 2.45) is 5.73 Å². The van der Waals surface area contributed by atoms with Crippen LogP contribution in [0.25, 0.3) is 0 Å². The largest absolute Gasteiger partial charge is 0.328 e. The molecule has 4 nitrogen and oxygen atoms in total. The summed E-state index contributed by atoms with van der Waals surface area (Å²) >= 11 is 0. The predicted octanol–water partition coefficient (Wildman–Crippen LogP) is 1.44. The van der Waals surface area contributed by atoms with Crippen LogP contribution in [0.4, 0.5) is 4.79 Å². The van der Waals surface area contributed by atoms with Crippen LogP contribution in [-0.4, -0.2) is 48.1 Å². The van der Waals surface area contributed by atoms with Gasteiger partial charge in [0.15, 0.2) is 0 Å². The Morgan fingerprint density at radius 2 is 1.44 bits per heavy atom. The van der Waals surface area contributed by atoms with Crippen LogP contribution in [0.1, 0.15) is 32.1 Å². The maximum absolute atomic E-state index is 12.1. The molecule has 2 heterocycles. The van der Waals surface area contributed by atoms with E-state index in [-0.39, 0.29) is 18.4 Å². The number of likely N-dealkylation sites (tertiary alicyclic amines) is 2. The number of amides is 2. The summed E-state index contributed by atoms with van der Waals surface area (Å²) in [5, 5.41) is 0. The highest BCUT2D eigenvalue weighted by molar-refractivity contribution is 5.85. The van der Waals surface area contributed by atoms with Gasteiger partial charge in [0.1, 0.15) is 0 Å². The molecule has 0 aliphatic carbocycles. The van der Waals surface area contributed by atoms with E-state index in [1.807, 2.05) is 9.80 Å². The summed E-state index contributed by atoms with van der Waals surface area (Å²) in [5.41, 5.74) is 5.82. The number of nitrogens with two attached hydrogens (primary N) is 1. The first kappa shape index (κ1) is 13.6. The minimum absolute atomic E-state index is 0. The molecule has 0 bridgehead atoms. The van der Waals surface area contributed by atoms with Crippen molar-refractivity contribution in [1.82, 2.24) is 9.80 Å². The molecule has 0 aromatic carbocycles. The minimum Gasteiger partial charge on any atom is -0.328 e. The zero-order chi connectivity index (χ0) is 10.7. The van der Waals surface area contributed by atoms with Crippen LogP contribution < -0.4 is 5.73 Å². The molecule has 0 atom stereocenters. The van der Waals surface area contributed by atoms with Gasteiger partial charge >= 0.3 is 6.03 Å². The lowest BCUT2D eigenvalue weighted by Gasteiger charge is -2.36. The first-order valence-corrected chi connectivity index (χ1v) is 6.07. The van der Waals surface area contributed by atoms with Crippen LogP contribution >= 0.6 is 12.4 Å². The van der Waals surface area contributed by atoms with Gasteiger partial charge in [-0.05, 0) is 32.1 Å². The van der Waals surface area contributed by atoms with Crippen LogP contribution in [0, 0.1) is 0 Å². The first-order valence-electron chi connectivity index (χ1n) is 6.07. The van der Waals surface area contributed by atoms with Gasteiger partial charge in [-0.25, -0.2) is 4.79 Å². The van der Waals surface area contributed by atoms with Gasteiger partial charge in [-0.2, -0.15) is 0 Å². The lowest BCUT2D eigenvalue weighted by molar-refractivity contribution is 0.132. The lowest BCUT2D eigenvalue weighted by Crippen LogP contribution is -2.50. The lowest BCUT2D eigenvalue weighted by atomic mass is 10.1. The van der Waals surface area contributed by atoms with E-state index in [9.17, 15) is 4.79 Å². The summed E-state index contributed by atoms with van der Waals surface area (Å²) < 4.78 is 0. The number of carbonyl (C=O) groups excluding carboxylic acids is 1. The number of halogens is 1. The Kier molecular flexibility index (Phi) is 5.35. The Labute approximate surface area is 104 Å². The van der Waals surface area contributed by atoms with E-state index in [1.165, 1.54) is 19.3 Å². The van der Waals surface area contributed by atoms with Crippen molar-refractivity contribution in [2.45, 2.75) is 38.1 Å². The second-order valence-corrected chi connectivity index (χ2v) is 4.65. The maximum Gasteiger partial charge on any atom is 0.319 e. The van der Waals surface area contributed by atoms with Crippen LogP contribution in [0.15, 0.2) is 0 Å². The van der Waals surface area contributed by atoms with Crippen molar-refractivity contribution in [3.8, 4) is 0 Å². The number of piperidine rings is 2. The molecule has 0 aromatic heterocycles. The number of carbonyl (C=O) groups is 1. The van der Waals surface area contributed by atoms with Crippen molar-refractivity contribution in [2.75, 3.05) is 26.2 Å². The van der Waals surface area contributed by atoms with Crippen molar-refractivity contribution >= 4 is 18.4 Å². The summed E-state index contributed by atoms with van der Waals surface area (Å²) in [6.07, 6.45) is 5.52. The highest BCUT2D eigenvalue weighted by Gasteiger charge is 2.25. The second-order valence-electron chi connectivity index (χ2n) is 4.65. The zero-order valence-corrected chi connectivity index (χ0v) is 10.5. The van der Waals surface area contributed by atoms with Gasteiger partial charge in [0.25, 0.3) is 0 Å². The molecule has 5 heteroatoms. The van der Waals surface area contributed by atoms with E-state index in [4.69, 9.17) is 5.73 Å². The van der Waals surface area contributed by atoms with E-state index in [0.29, 0.717) is 6.04 Å². The van der Waals surface area contributed by atoms with Crippen LogP contribution in [0.2, 0.25) is 0 Å². The van der Waals surface area contributed by atoms with Crippen molar-refractivity contribution < 1.29 is 4.79 Å². The standard InChI is InChI=1S/C11H21N3O.ClH/c12-10-4-8-14(9-5-10)11(15)13-6-2-1-3-7-13;/h10H,1-9,12H2;1H. The molecule has 2 amide bonds. The van der Waals surface area contributed by atoms with E-state index in [0.717, 1.165) is 39.0 Å². The zero-order valence-electron chi connectivity index (χ0n) is 9.73. The average Bonchev–Trinajstić information content (AvgIpc) is 2.30. The van der Waals surface area contributed by atoms with Gasteiger partial charge in [-0.3, -0.25) is 0 Å². The van der Waals surface area contributed by atoms with E-state index < -0.39 is 0 Å². The fraction of sp³-hybridized carbons (Fsp3) is 0.909. The van der Waals surface area contributed by atoms with E-state index in [2.05, 4.69) is 0 Å². The van der Waals surface area contributed by atoms with Gasteiger partial charge in [0.2, 0.25) is 0 Å². The number of urea groups is 1. The molecule has 2 aliphatic rings. The third-order valence-corrected chi connectivity index (χ3v) is 3.44. The molecule has 2 saturated heterocycles. The smallest absolute Gasteiger partial charge is 0.319 e. The molecule has 2 aliphatic heterocycles. The molecule has 2 N–H and O–H groups in total. The van der Waals surface area contributed by atoms with Crippen LogP contribution in [-0.2, 0) is 0 Å². The summed E-state index contributed by atoms with van der Waals surface area (Å²) in [4.78, 5) is 16.0. The summed E-state index contributed by atoms with van der Waals surface area (Å²) in [6, 6.07) is 0.539. The molecule has 2 rings (SSSR count). The fourth-order valence-corrected chi connectivity index (χ4v) is 2.38. The van der Waals surface area contributed by atoms with Crippen molar-refractivity contribution in [1.29, 1.82) is 0 Å². The third-order valence-electron chi connectivity index (χ3n) is 3.44. The van der Waals surface area contributed by atoms with Gasteiger partial charge < -0.3 is 15.5 Å². The molecule has 0 aromatic rings. The number of rotatable bonds is 0. The minimum atomic E-state index is 0. The molecule has 0 unspecified atom stereocenters. The SMILES string of the molecule is Cl.NC1CCN(C(=O)N2CCCCC2)CC1. The first-order chi connectivity index (χ1) is 7.27. The Balaban J connectivity index is 0.00000128. The van der Waals surface area contributed by atoms with Gasteiger partial charge in [-0.1, -0.05) is 0 Å². The monoisotopic (exact) mass is 247 g/mol. The molecule has 16 heavy (non-hydrogen) atoms. The average molecular weight is 248 g/mol. The Morgan fingerprint density at radius 3 is 2.00 bits per heavy atom. The molecule has 0 radical (unpaired) electrons.